The van der Waals surface area contributed by atoms with Crippen molar-refractivity contribution in [3.05, 3.63) is 59.2 Å². The molecule has 7 nitrogen and oxygen atoms in total. The van der Waals surface area contributed by atoms with Gasteiger partial charge in [0.25, 0.3) is 5.91 Å². The van der Waals surface area contributed by atoms with Crippen molar-refractivity contribution in [1.82, 2.24) is 9.80 Å². The predicted molar refractivity (Wildman–Crippen MR) is 161 cm³/mol. The molecule has 1 aliphatic carbocycles. The van der Waals surface area contributed by atoms with Crippen LogP contribution in [0.4, 0.5) is 23.2 Å². The second-order valence-electron chi connectivity index (χ2n) is 14.2. The second-order valence-corrected chi connectivity index (χ2v) is 14.2. The fraction of sp³-hybridized carbons (Fsp3) is 0.588. The zero-order chi connectivity index (χ0) is 32.5. The summed E-state index contributed by atoms with van der Waals surface area (Å²) in [4.78, 5) is 31.0. The number of anilines is 1. The molecule has 6 rings (SSSR count). The van der Waals surface area contributed by atoms with Crippen LogP contribution in [0.5, 0.6) is 5.75 Å². The summed E-state index contributed by atoms with van der Waals surface area (Å²) in [5, 5.41) is 9.41. The highest BCUT2D eigenvalue weighted by Gasteiger charge is 2.60. The van der Waals surface area contributed by atoms with E-state index in [1.54, 1.807) is 24.1 Å². The minimum absolute atomic E-state index is 0.0242. The van der Waals surface area contributed by atoms with Gasteiger partial charge in [0.2, 0.25) is 5.67 Å². The Morgan fingerprint density at radius 1 is 0.956 bits per heavy atom. The minimum Gasteiger partial charge on any atom is -0.497 e. The van der Waals surface area contributed by atoms with Gasteiger partial charge in [-0.15, -0.1) is 0 Å². The Morgan fingerprint density at radius 2 is 1.58 bits per heavy atom. The van der Waals surface area contributed by atoms with E-state index in [9.17, 15) is 27.9 Å². The van der Waals surface area contributed by atoms with Gasteiger partial charge in [-0.05, 0) is 86.8 Å². The normalized spacial score (nSPS) is 29.2. The van der Waals surface area contributed by atoms with E-state index in [4.69, 9.17) is 4.74 Å². The zero-order valence-corrected chi connectivity index (χ0v) is 26.1. The highest BCUT2D eigenvalue weighted by atomic mass is 19.4. The van der Waals surface area contributed by atoms with E-state index in [1.165, 1.54) is 12.1 Å². The summed E-state index contributed by atoms with van der Waals surface area (Å²) in [5.74, 6) is -2.04. The number of alkyl halides is 4. The van der Waals surface area contributed by atoms with Gasteiger partial charge in [0.15, 0.2) is 0 Å². The van der Waals surface area contributed by atoms with Gasteiger partial charge in [0, 0.05) is 56.4 Å². The van der Waals surface area contributed by atoms with Crippen LogP contribution in [0.15, 0.2) is 42.5 Å². The zero-order valence-electron chi connectivity index (χ0n) is 26.1. The molecule has 1 amide bonds. The lowest BCUT2D eigenvalue weighted by Crippen LogP contribution is -2.53. The number of carbonyl (C=O) groups is 2. The lowest BCUT2D eigenvalue weighted by Gasteiger charge is -2.38. The molecule has 4 fully saturated rings. The minimum atomic E-state index is -4.51. The SMILES string of the molecule is COc1ccc([C@@H]2CN(C(C)(C)C)C[C@@]2(F)C(=O)N2CCC(c3ccc(C(F)(F)F)cc3N3C[C@@H]4[C@H](C3)[C@H]4C(=O)O)CC2)cc1. The van der Waals surface area contributed by atoms with E-state index < -0.39 is 41.1 Å². The number of rotatable bonds is 6. The van der Waals surface area contributed by atoms with Crippen molar-refractivity contribution in [2.45, 2.75) is 62.8 Å². The van der Waals surface area contributed by atoms with Gasteiger partial charge >= 0.3 is 12.1 Å². The van der Waals surface area contributed by atoms with E-state index >= 15 is 4.39 Å². The highest BCUT2D eigenvalue weighted by molar-refractivity contribution is 5.87. The van der Waals surface area contributed by atoms with Gasteiger partial charge in [-0.2, -0.15) is 13.2 Å². The molecular weight excluding hydrogens is 590 g/mol. The third-order valence-electron chi connectivity index (χ3n) is 10.6. The molecule has 244 valence electrons. The Hall–Kier alpha value is -3.34. The van der Waals surface area contributed by atoms with Crippen LogP contribution in [0.3, 0.4) is 0 Å². The monoisotopic (exact) mass is 631 g/mol. The third-order valence-corrected chi connectivity index (χ3v) is 10.6. The van der Waals surface area contributed by atoms with E-state index in [2.05, 4.69) is 0 Å². The Kier molecular flexibility index (Phi) is 7.85. The standard InChI is InChI=1S/C34H41F4N3O4/c1-32(2,3)41-18-27(21-5-8-23(45-4)9-6-21)33(35,19-41)31(44)39-13-11-20(12-14-39)24-10-7-22(34(36,37)38)15-28(24)40-16-25-26(17-40)29(25)30(42)43/h5-10,15,20,25-27,29H,11-14,16-19H2,1-4H3,(H,42,43)/t25-,26+,27-,29+,33-/m0/s1. The molecule has 45 heavy (non-hydrogen) atoms. The van der Waals surface area contributed by atoms with Gasteiger partial charge < -0.3 is 19.6 Å². The topological polar surface area (TPSA) is 73.3 Å². The van der Waals surface area contributed by atoms with Crippen molar-refractivity contribution >= 4 is 17.6 Å². The fourth-order valence-electron chi connectivity index (χ4n) is 7.84. The van der Waals surface area contributed by atoms with Crippen LogP contribution in [0.1, 0.15) is 62.1 Å². The van der Waals surface area contributed by atoms with Crippen molar-refractivity contribution in [3.8, 4) is 5.75 Å². The molecule has 0 bridgehead atoms. The number of hydrogen-bond donors (Lipinski definition) is 1. The number of fused-ring (bicyclic) bond motifs is 1. The molecule has 11 heteroatoms. The Morgan fingerprint density at radius 3 is 2.11 bits per heavy atom. The molecule has 0 unspecified atom stereocenters. The summed E-state index contributed by atoms with van der Waals surface area (Å²) in [5.41, 5.74) is -1.22. The number of likely N-dealkylation sites (tertiary alicyclic amines) is 2. The van der Waals surface area contributed by atoms with Crippen LogP contribution in [0.25, 0.3) is 0 Å². The number of nitrogens with zero attached hydrogens (tertiary/aromatic N) is 3. The van der Waals surface area contributed by atoms with Crippen LogP contribution < -0.4 is 9.64 Å². The smallest absolute Gasteiger partial charge is 0.416 e. The lowest BCUT2D eigenvalue weighted by molar-refractivity contribution is -0.145. The molecular formula is C34H41F4N3O4. The number of hydrogen-bond acceptors (Lipinski definition) is 5. The number of piperidine rings is 2. The van der Waals surface area contributed by atoms with E-state index in [0.29, 0.717) is 57.0 Å². The summed E-state index contributed by atoms with van der Waals surface area (Å²) in [6.07, 6.45) is -3.52. The second kappa shape index (κ2) is 11.2. The number of ether oxygens (including phenoxy) is 1. The van der Waals surface area contributed by atoms with Crippen LogP contribution >= 0.6 is 0 Å². The maximum absolute atomic E-state index is 17.2. The molecule has 3 heterocycles. The lowest BCUT2D eigenvalue weighted by atomic mass is 9.83. The summed E-state index contributed by atoms with van der Waals surface area (Å²) < 4.78 is 63.6. The van der Waals surface area contributed by atoms with Crippen LogP contribution in [-0.2, 0) is 15.8 Å². The maximum atomic E-state index is 17.2. The van der Waals surface area contributed by atoms with Gasteiger partial charge in [0.05, 0.1) is 18.6 Å². The quantitative estimate of drug-likeness (QED) is 0.407. The van der Waals surface area contributed by atoms with Crippen molar-refractivity contribution in [1.29, 1.82) is 0 Å². The third kappa shape index (κ3) is 5.77. The van der Waals surface area contributed by atoms with E-state index in [0.717, 1.165) is 17.2 Å². The van der Waals surface area contributed by atoms with E-state index in [-0.39, 0.29) is 29.8 Å². The molecule has 0 aromatic heterocycles. The average Bonchev–Trinajstić information content (AvgIpc) is 3.30. The summed E-state index contributed by atoms with van der Waals surface area (Å²) in [6.45, 7) is 7.81. The molecule has 1 N–H and O–H groups in total. The number of carboxylic acids is 1. The Bertz CT molecular complexity index is 1440. The van der Waals surface area contributed by atoms with Gasteiger partial charge in [-0.1, -0.05) is 18.2 Å². The number of amides is 1. The number of benzene rings is 2. The first-order valence-corrected chi connectivity index (χ1v) is 15.7. The summed E-state index contributed by atoms with van der Waals surface area (Å²) in [7, 11) is 1.56. The number of carbonyl (C=O) groups excluding carboxylic acids is 1. The highest BCUT2D eigenvalue weighted by Crippen LogP contribution is 2.54. The average molecular weight is 632 g/mol. The first kappa shape index (κ1) is 31.6. The largest absolute Gasteiger partial charge is 0.497 e. The molecule has 0 radical (unpaired) electrons. The van der Waals surface area contributed by atoms with Crippen molar-refractivity contribution in [3.63, 3.8) is 0 Å². The molecule has 3 saturated heterocycles. The first-order chi connectivity index (χ1) is 21.1. The van der Waals surface area contributed by atoms with Crippen LogP contribution in [0, 0.1) is 17.8 Å². The predicted octanol–water partition coefficient (Wildman–Crippen LogP) is 5.79. The summed E-state index contributed by atoms with van der Waals surface area (Å²) >= 11 is 0. The molecule has 0 spiro atoms. The summed E-state index contributed by atoms with van der Waals surface area (Å²) in [6, 6.07) is 11.0. The maximum Gasteiger partial charge on any atom is 0.416 e. The fourth-order valence-corrected chi connectivity index (χ4v) is 7.84. The molecule has 1 saturated carbocycles. The Labute approximate surface area is 261 Å². The first-order valence-electron chi connectivity index (χ1n) is 15.7. The number of carboxylic acid groups (broad SMARTS) is 1. The van der Waals surface area contributed by atoms with E-state index in [1.807, 2.05) is 42.7 Å². The molecule has 3 aliphatic heterocycles. The van der Waals surface area contributed by atoms with Crippen molar-refractivity contribution in [2.24, 2.45) is 17.8 Å². The molecule has 4 aliphatic rings. The van der Waals surface area contributed by atoms with Crippen molar-refractivity contribution in [2.75, 3.05) is 51.3 Å². The van der Waals surface area contributed by atoms with Crippen LogP contribution in [0.2, 0.25) is 0 Å². The molecule has 5 atom stereocenters. The number of halogens is 4. The van der Waals surface area contributed by atoms with Crippen LogP contribution in [-0.4, -0.2) is 84.4 Å². The number of methoxy groups -OCH3 is 1. The van der Waals surface area contributed by atoms with Crippen molar-refractivity contribution < 1.29 is 37.0 Å². The van der Waals surface area contributed by atoms with Gasteiger partial charge in [0.1, 0.15) is 5.75 Å². The van der Waals surface area contributed by atoms with Gasteiger partial charge in [-0.25, -0.2) is 4.39 Å². The molecule has 2 aromatic carbocycles. The number of aliphatic carboxylic acids is 1. The molecule has 2 aromatic rings. The Balaban J connectivity index is 1.20. The van der Waals surface area contributed by atoms with Gasteiger partial charge in [-0.3, -0.25) is 14.5 Å².